The van der Waals surface area contributed by atoms with Crippen molar-refractivity contribution >= 4 is 39.9 Å². The van der Waals surface area contributed by atoms with Gasteiger partial charge in [0.05, 0.1) is 24.7 Å². The first-order valence-corrected chi connectivity index (χ1v) is 10.1. The molecule has 0 saturated carbocycles. The standard InChI is InChI=1S/C20H18N4O8S/c1-11-15(19(26)30-2)18(33-16(11)20(27)31-3)21-17(25)12-8-9-23(22-12)10-32-14-7-5-4-6-13(14)24(28)29/h4-9H,10H2,1-3H3,(H,21,25). The average molecular weight is 474 g/mol. The molecule has 0 aliphatic carbocycles. The van der Waals surface area contributed by atoms with E-state index in [1.54, 1.807) is 13.0 Å². The number of nitrogens with zero attached hydrogens (tertiary/aromatic N) is 3. The van der Waals surface area contributed by atoms with Crippen molar-refractivity contribution in [1.82, 2.24) is 9.78 Å². The Kier molecular flexibility index (Phi) is 7.03. The fourth-order valence-electron chi connectivity index (χ4n) is 2.82. The van der Waals surface area contributed by atoms with Gasteiger partial charge in [0.2, 0.25) is 0 Å². The van der Waals surface area contributed by atoms with Crippen molar-refractivity contribution in [2.24, 2.45) is 0 Å². The summed E-state index contributed by atoms with van der Waals surface area (Å²) in [4.78, 5) is 47.5. The van der Waals surface area contributed by atoms with E-state index in [4.69, 9.17) is 14.2 Å². The number of anilines is 1. The van der Waals surface area contributed by atoms with E-state index in [0.29, 0.717) is 5.56 Å². The molecule has 0 bridgehead atoms. The van der Waals surface area contributed by atoms with Gasteiger partial charge in [0, 0.05) is 12.3 Å². The van der Waals surface area contributed by atoms with Crippen LogP contribution in [0.25, 0.3) is 0 Å². The lowest BCUT2D eigenvalue weighted by Gasteiger charge is -2.06. The van der Waals surface area contributed by atoms with E-state index in [2.05, 4.69) is 10.4 Å². The van der Waals surface area contributed by atoms with Gasteiger partial charge in [-0.05, 0) is 24.6 Å². The Hall–Kier alpha value is -4.26. The summed E-state index contributed by atoms with van der Waals surface area (Å²) in [6.45, 7) is 1.36. The third-order valence-electron chi connectivity index (χ3n) is 4.42. The second-order valence-electron chi connectivity index (χ2n) is 6.44. The molecule has 0 radical (unpaired) electrons. The molecule has 1 aromatic carbocycles. The number of carbonyl (C=O) groups excluding carboxylic acids is 3. The van der Waals surface area contributed by atoms with Crippen molar-refractivity contribution in [3.05, 3.63) is 68.3 Å². The predicted octanol–water partition coefficient (Wildman–Crippen LogP) is 3.02. The molecule has 13 heteroatoms. The number of amides is 1. The summed E-state index contributed by atoms with van der Waals surface area (Å²) >= 11 is 0.874. The van der Waals surface area contributed by atoms with Gasteiger partial charge in [0.1, 0.15) is 9.88 Å². The number of nitro groups is 1. The van der Waals surface area contributed by atoms with Gasteiger partial charge in [-0.2, -0.15) is 5.10 Å². The highest BCUT2D eigenvalue weighted by atomic mass is 32.1. The Morgan fingerprint density at radius 2 is 1.85 bits per heavy atom. The molecule has 0 fully saturated rings. The van der Waals surface area contributed by atoms with Gasteiger partial charge < -0.3 is 19.5 Å². The van der Waals surface area contributed by atoms with Crippen LogP contribution in [0.1, 0.15) is 36.1 Å². The summed E-state index contributed by atoms with van der Waals surface area (Å²) in [5.41, 5.74) is 0.142. The Balaban J connectivity index is 1.77. The highest BCUT2D eigenvalue weighted by Crippen LogP contribution is 2.34. The summed E-state index contributed by atoms with van der Waals surface area (Å²) in [6, 6.07) is 7.26. The molecule has 2 aromatic heterocycles. The zero-order chi connectivity index (χ0) is 24.1. The van der Waals surface area contributed by atoms with Gasteiger partial charge in [-0.1, -0.05) is 12.1 Å². The molecule has 1 amide bonds. The number of aromatic nitrogens is 2. The molecular weight excluding hydrogens is 456 g/mol. The highest BCUT2D eigenvalue weighted by Gasteiger charge is 2.27. The number of para-hydroxylation sites is 2. The van der Waals surface area contributed by atoms with Crippen LogP contribution in [0.2, 0.25) is 0 Å². The molecule has 0 atom stereocenters. The number of benzene rings is 1. The molecule has 0 aliphatic rings. The zero-order valence-corrected chi connectivity index (χ0v) is 18.5. The molecule has 33 heavy (non-hydrogen) atoms. The fraction of sp³-hybridized carbons (Fsp3) is 0.200. The van der Waals surface area contributed by atoms with Crippen molar-refractivity contribution in [2.45, 2.75) is 13.7 Å². The average Bonchev–Trinajstić information content (AvgIpc) is 3.41. The van der Waals surface area contributed by atoms with Gasteiger partial charge in [-0.15, -0.1) is 11.3 Å². The largest absolute Gasteiger partial charge is 0.465 e. The maximum Gasteiger partial charge on any atom is 0.348 e. The van der Waals surface area contributed by atoms with Crippen LogP contribution in [0.4, 0.5) is 10.7 Å². The number of hydrogen-bond donors (Lipinski definition) is 1. The zero-order valence-electron chi connectivity index (χ0n) is 17.7. The smallest absolute Gasteiger partial charge is 0.348 e. The summed E-state index contributed by atoms with van der Waals surface area (Å²) < 4.78 is 16.2. The summed E-state index contributed by atoms with van der Waals surface area (Å²) in [5.74, 6) is -1.98. The maximum absolute atomic E-state index is 12.7. The molecule has 0 unspecified atom stereocenters. The molecule has 3 rings (SSSR count). The first kappa shape index (κ1) is 23.4. The topological polar surface area (TPSA) is 152 Å². The molecular formula is C20H18N4O8S. The van der Waals surface area contributed by atoms with Crippen LogP contribution in [0.15, 0.2) is 36.5 Å². The summed E-state index contributed by atoms with van der Waals surface area (Å²) in [7, 11) is 2.39. The number of methoxy groups -OCH3 is 2. The highest BCUT2D eigenvalue weighted by molar-refractivity contribution is 7.18. The number of rotatable bonds is 8. The Morgan fingerprint density at radius 3 is 2.52 bits per heavy atom. The molecule has 2 heterocycles. The van der Waals surface area contributed by atoms with Crippen molar-refractivity contribution in [3.63, 3.8) is 0 Å². The molecule has 1 N–H and O–H groups in total. The SMILES string of the molecule is COC(=O)c1sc(NC(=O)c2ccn(COc3ccccc3[N+](=O)[O-])n2)c(C(=O)OC)c1C. The third-order valence-corrected chi connectivity index (χ3v) is 5.61. The van der Waals surface area contributed by atoms with Crippen LogP contribution in [0, 0.1) is 17.0 Å². The molecule has 172 valence electrons. The van der Waals surface area contributed by atoms with Crippen LogP contribution < -0.4 is 10.1 Å². The predicted molar refractivity (Wildman–Crippen MR) is 116 cm³/mol. The fourth-order valence-corrected chi connectivity index (χ4v) is 3.93. The minimum absolute atomic E-state index is 0.0114. The Bertz CT molecular complexity index is 1230. The van der Waals surface area contributed by atoms with E-state index in [1.165, 1.54) is 49.4 Å². The summed E-state index contributed by atoms with van der Waals surface area (Å²) in [6.07, 6.45) is 1.45. The summed E-state index contributed by atoms with van der Waals surface area (Å²) in [5, 5.41) is 17.8. The minimum atomic E-state index is -0.724. The van der Waals surface area contributed by atoms with Crippen molar-refractivity contribution in [2.75, 3.05) is 19.5 Å². The van der Waals surface area contributed by atoms with Crippen LogP contribution in [-0.4, -0.2) is 46.8 Å². The van der Waals surface area contributed by atoms with Crippen LogP contribution in [0.5, 0.6) is 5.75 Å². The lowest BCUT2D eigenvalue weighted by Crippen LogP contribution is -2.16. The van der Waals surface area contributed by atoms with Crippen molar-refractivity contribution in [1.29, 1.82) is 0 Å². The van der Waals surface area contributed by atoms with Gasteiger partial charge in [-0.3, -0.25) is 14.9 Å². The first-order chi connectivity index (χ1) is 15.8. The van der Waals surface area contributed by atoms with Crippen LogP contribution in [-0.2, 0) is 16.2 Å². The number of hydrogen-bond acceptors (Lipinski definition) is 10. The lowest BCUT2D eigenvalue weighted by molar-refractivity contribution is -0.386. The van der Waals surface area contributed by atoms with E-state index in [0.717, 1.165) is 11.3 Å². The monoisotopic (exact) mass is 474 g/mol. The maximum atomic E-state index is 12.7. The lowest BCUT2D eigenvalue weighted by atomic mass is 10.1. The van der Waals surface area contributed by atoms with Crippen LogP contribution in [0.3, 0.4) is 0 Å². The van der Waals surface area contributed by atoms with Gasteiger partial charge in [-0.25, -0.2) is 14.3 Å². The number of ether oxygens (including phenoxy) is 3. The van der Waals surface area contributed by atoms with Gasteiger partial charge in [0.25, 0.3) is 5.91 Å². The van der Waals surface area contributed by atoms with E-state index >= 15 is 0 Å². The van der Waals surface area contributed by atoms with Gasteiger partial charge >= 0.3 is 17.6 Å². The Morgan fingerprint density at radius 1 is 1.15 bits per heavy atom. The molecule has 0 aliphatic heterocycles. The molecule has 0 saturated heterocycles. The first-order valence-electron chi connectivity index (χ1n) is 9.27. The van der Waals surface area contributed by atoms with Gasteiger partial charge in [0.15, 0.2) is 18.2 Å². The molecule has 0 spiro atoms. The number of nitro benzene ring substituents is 1. The van der Waals surface area contributed by atoms with E-state index in [1.807, 2.05) is 0 Å². The van der Waals surface area contributed by atoms with E-state index in [9.17, 15) is 24.5 Å². The minimum Gasteiger partial charge on any atom is -0.465 e. The second kappa shape index (κ2) is 9.91. The quantitative estimate of drug-likeness (QED) is 0.295. The number of thiophene rings is 1. The van der Waals surface area contributed by atoms with Crippen LogP contribution >= 0.6 is 11.3 Å². The number of carbonyl (C=O) groups is 3. The number of nitrogens with one attached hydrogen (secondary N) is 1. The molecule has 3 aromatic rings. The van der Waals surface area contributed by atoms with Crippen molar-refractivity contribution < 1.29 is 33.5 Å². The van der Waals surface area contributed by atoms with E-state index in [-0.39, 0.29) is 39.3 Å². The normalized spacial score (nSPS) is 10.4. The Labute approximate surface area is 190 Å². The van der Waals surface area contributed by atoms with E-state index < -0.39 is 22.8 Å². The molecule has 12 nitrogen and oxygen atoms in total. The van der Waals surface area contributed by atoms with Crippen molar-refractivity contribution in [3.8, 4) is 5.75 Å². The third kappa shape index (κ3) is 4.98. The second-order valence-corrected chi connectivity index (χ2v) is 7.46. The number of esters is 2.